The van der Waals surface area contributed by atoms with Gasteiger partial charge in [0.05, 0.1) is 16.3 Å². The summed E-state index contributed by atoms with van der Waals surface area (Å²) in [6, 6.07) is 10.4. The molecule has 0 saturated carbocycles. The van der Waals surface area contributed by atoms with Gasteiger partial charge in [0.25, 0.3) is 0 Å². The number of aliphatic hydroxyl groups is 1. The van der Waals surface area contributed by atoms with E-state index in [-0.39, 0.29) is 0 Å². The van der Waals surface area contributed by atoms with E-state index in [1.165, 1.54) is 10.6 Å². The van der Waals surface area contributed by atoms with Gasteiger partial charge in [-0.1, -0.05) is 37.3 Å². The van der Waals surface area contributed by atoms with E-state index in [0.717, 1.165) is 25.2 Å². The Balaban J connectivity index is 2.08. The molecule has 3 nitrogen and oxygen atoms in total. The highest BCUT2D eigenvalue weighted by molar-refractivity contribution is 7.09. The minimum atomic E-state index is -0.710. The zero-order valence-electron chi connectivity index (χ0n) is 13.0. The van der Waals surface area contributed by atoms with E-state index in [1.807, 2.05) is 19.9 Å². The second-order valence-electron chi connectivity index (χ2n) is 6.03. The molecule has 0 spiro atoms. The number of hydrogen-bond donors (Lipinski definition) is 1. The summed E-state index contributed by atoms with van der Waals surface area (Å²) in [4.78, 5) is 6.89. The lowest BCUT2D eigenvalue weighted by Crippen LogP contribution is -2.38. The second kappa shape index (κ2) is 7.16. The molecule has 0 atom stereocenters. The Bertz CT molecular complexity index is 545. The normalized spacial score (nSPS) is 12.0. The Labute approximate surface area is 131 Å². The highest BCUT2D eigenvalue weighted by atomic mass is 32.1. The van der Waals surface area contributed by atoms with Crippen LogP contribution in [0.5, 0.6) is 0 Å². The zero-order valence-corrected chi connectivity index (χ0v) is 13.9. The van der Waals surface area contributed by atoms with Gasteiger partial charge in [-0.3, -0.25) is 4.90 Å². The molecular formula is C17H24N2OS. The fourth-order valence-electron chi connectivity index (χ4n) is 2.37. The van der Waals surface area contributed by atoms with Gasteiger partial charge in [-0.15, -0.1) is 11.3 Å². The van der Waals surface area contributed by atoms with Crippen LogP contribution >= 0.6 is 11.3 Å². The number of aryl methyl sites for hydroxylation is 1. The summed E-state index contributed by atoms with van der Waals surface area (Å²) in [7, 11) is 0. The van der Waals surface area contributed by atoms with Gasteiger partial charge in [-0.25, -0.2) is 4.98 Å². The molecule has 114 valence electrons. The van der Waals surface area contributed by atoms with Crippen molar-refractivity contribution in [2.75, 3.05) is 6.54 Å². The van der Waals surface area contributed by atoms with Crippen molar-refractivity contribution in [2.24, 2.45) is 0 Å². The van der Waals surface area contributed by atoms with Crippen molar-refractivity contribution in [3.05, 3.63) is 52.0 Å². The molecule has 0 amide bonds. The van der Waals surface area contributed by atoms with E-state index in [2.05, 4.69) is 46.5 Å². The molecule has 0 aliphatic rings. The number of rotatable bonds is 7. The molecule has 0 aliphatic heterocycles. The van der Waals surface area contributed by atoms with E-state index >= 15 is 0 Å². The smallest absolute Gasteiger partial charge is 0.0926 e. The molecule has 1 aromatic carbocycles. The van der Waals surface area contributed by atoms with E-state index in [0.29, 0.717) is 6.54 Å². The molecule has 0 saturated heterocycles. The highest BCUT2D eigenvalue weighted by Crippen LogP contribution is 2.16. The SMILES string of the molecule is CCc1nc(CN(Cc2ccccc2)CC(C)(C)O)cs1. The third-order valence-corrected chi connectivity index (χ3v) is 4.19. The van der Waals surface area contributed by atoms with Gasteiger partial charge in [0, 0.05) is 25.0 Å². The van der Waals surface area contributed by atoms with Crippen LogP contribution in [0.3, 0.4) is 0 Å². The quantitative estimate of drug-likeness (QED) is 0.851. The zero-order chi connectivity index (χ0) is 15.3. The number of aromatic nitrogens is 1. The summed E-state index contributed by atoms with van der Waals surface area (Å²) in [6.07, 6.45) is 0.981. The molecule has 0 unspecified atom stereocenters. The summed E-state index contributed by atoms with van der Waals surface area (Å²) in [6.45, 7) is 8.05. The Morgan fingerprint density at radius 3 is 2.48 bits per heavy atom. The third kappa shape index (κ3) is 5.58. The number of thiazole rings is 1. The number of benzene rings is 1. The molecule has 0 radical (unpaired) electrons. The van der Waals surface area contributed by atoms with Crippen molar-refractivity contribution in [1.29, 1.82) is 0 Å². The molecule has 1 heterocycles. The lowest BCUT2D eigenvalue weighted by Gasteiger charge is -2.28. The maximum absolute atomic E-state index is 10.1. The molecule has 0 bridgehead atoms. The molecule has 2 rings (SSSR count). The van der Waals surface area contributed by atoms with E-state index in [4.69, 9.17) is 0 Å². The topological polar surface area (TPSA) is 36.4 Å². The summed E-state index contributed by atoms with van der Waals surface area (Å²) in [5.41, 5.74) is 1.64. The van der Waals surface area contributed by atoms with E-state index in [9.17, 15) is 5.11 Å². The van der Waals surface area contributed by atoms with Gasteiger partial charge in [-0.2, -0.15) is 0 Å². The Morgan fingerprint density at radius 2 is 1.90 bits per heavy atom. The molecule has 21 heavy (non-hydrogen) atoms. The van der Waals surface area contributed by atoms with Crippen LogP contribution in [-0.2, 0) is 19.5 Å². The van der Waals surface area contributed by atoms with Crippen molar-refractivity contribution in [3.8, 4) is 0 Å². The maximum Gasteiger partial charge on any atom is 0.0926 e. The van der Waals surface area contributed by atoms with Gasteiger partial charge < -0.3 is 5.11 Å². The van der Waals surface area contributed by atoms with Gasteiger partial charge in [0.2, 0.25) is 0 Å². The second-order valence-corrected chi connectivity index (χ2v) is 6.97. The predicted molar refractivity (Wildman–Crippen MR) is 88.3 cm³/mol. The van der Waals surface area contributed by atoms with Gasteiger partial charge in [0.1, 0.15) is 0 Å². The van der Waals surface area contributed by atoms with Crippen molar-refractivity contribution in [1.82, 2.24) is 9.88 Å². The van der Waals surface area contributed by atoms with Crippen LogP contribution in [0.4, 0.5) is 0 Å². The lowest BCUT2D eigenvalue weighted by molar-refractivity contribution is 0.0303. The fraction of sp³-hybridized carbons (Fsp3) is 0.471. The molecule has 2 aromatic rings. The van der Waals surface area contributed by atoms with E-state index in [1.54, 1.807) is 11.3 Å². The first kappa shape index (κ1) is 16.1. The van der Waals surface area contributed by atoms with Crippen LogP contribution in [0.15, 0.2) is 35.7 Å². The predicted octanol–water partition coefficient (Wildman–Crippen LogP) is 3.48. The lowest BCUT2D eigenvalue weighted by atomic mass is 10.1. The minimum Gasteiger partial charge on any atom is -0.389 e. The van der Waals surface area contributed by atoms with Crippen LogP contribution in [0.1, 0.15) is 37.0 Å². The van der Waals surface area contributed by atoms with Crippen LogP contribution in [0, 0.1) is 0 Å². The number of nitrogens with zero attached hydrogens (tertiary/aromatic N) is 2. The largest absolute Gasteiger partial charge is 0.389 e. The van der Waals surface area contributed by atoms with E-state index < -0.39 is 5.60 Å². The van der Waals surface area contributed by atoms with Crippen molar-refractivity contribution in [3.63, 3.8) is 0 Å². The van der Waals surface area contributed by atoms with Gasteiger partial charge in [0.15, 0.2) is 0 Å². The molecule has 0 fully saturated rings. The third-order valence-electron chi connectivity index (χ3n) is 3.15. The summed E-state index contributed by atoms with van der Waals surface area (Å²) < 4.78 is 0. The van der Waals surface area contributed by atoms with Crippen molar-refractivity contribution >= 4 is 11.3 Å². The molecule has 4 heteroatoms. The maximum atomic E-state index is 10.1. The van der Waals surface area contributed by atoms with Crippen LogP contribution in [-0.4, -0.2) is 27.1 Å². The molecular weight excluding hydrogens is 280 g/mol. The number of hydrogen-bond acceptors (Lipinski definition) is 4. The summed E-state index contributed by atoms with van der Waals surface area (Å²) >= 11 is 1.72. The first-order chi connectivity index (χ1) is 9.96. The highest BCUT2D eigenvalue weighted by Gasteiger charge is 2.19. The molecule has 1 aromatic heterocycles. The Hall–Kier alpha value is -1.23. The summed E-state index contributed by atoms with van der Waals surface area (Å²) in [5, 5.41) is 13.4. The fourth-order valence-corrected chi connectivity index (χ4v) is 3.11. The Morgan fingerprint density at radius 1 is 1.19 bits per heavy atom. The van der Waals surface area contributed by atoms with Gasteiger partial charge >= 0.3 is 0 Å². The molecule has 1 N–H and O–H groups in total. The van der Waals surface area contributed by atoms with Crippen molar-refractivity contribution < 1.29 is 5.11 Å². The monoisotopic (exact) mass is 304 g/mol. The average molecular weight is 304 g/mol. The standard InChI is InChI=1S/C17H24N2OS/c1-4-16-18-15(12-21-16)11-19(13-17(2,3)20)10-14-8-6-5-7-9-14/h5-9,12,20H,4,10-11,13H2,1-3H3. The minimum absolute atomic E-state index is 0.626. The van der Waals surface area contributed by atoms with Crippen molar-refractivity contribution in [2.45, 2.75) is 45.9 Å². The molecule has 0 aliphatic carbocycles. The van der Waals surface area contributed by atoms with Crippen LogP contribution in [0.25, 0.3) is 0 Å². The van der Waals surface area contributed by atoms with Crippen LogP contribution < -0.4 is 0 Å². The van der Waals surface area contributed by atoms with Gasteiger partial charge in [-0.05, 0) is 25.8 Å². The first-order valence-electron chi connectivity index (χ1n) is 7.38. The Kier molecular flexibility index (Phi) is 5.51. The summed E-state index contributed by atoms with van der Waals surface area (Å²) in [5.74, 6) is 0. The average Bonchev–Trinajstić information content (AvgIpc) is 2.85. The first-order valence-corrected chi connectivity index (χ1v) is 8.26. The van der Waals surface area contributed by atoms with Crippen LogP contribution in [0.2, 0.25) is 0 Å².